The van der Waals surface area contributed by atoms with Crippen molar-refractivity contribution in [1.29, 1.82) is 0 Å². The third-order valence-electron chi connectivity index (χ3n) is 2.44. The Kier molecular flexibility index (Phi) is 2.89. The quantitative estimate of drug-likeness (QED) is 0.790. The third-order valence-corrected chi connectivity index (χ3v) is 2.44. The molecule has 0 saturated carbocycles. The van der Waals surface area contributed by atoms with Crippen molar-refractivity contribution in [3.8, 4) is 11.1 Å². The molecule has 0 amide bonds. The highest BCUT2D eigenvalue weighted by molar-refractivity contribution is 5.89. The molecule has 1 N–H and O–H groups in total. The van der Waals surface area contributed by atoms with Crippen LogP contribution in [0, 0.1) is 6.57 Å². The standard InChI is InChI=1S/C14H9NO2/c1-15-13-7-5-10(6-8-13)11-3-2-4-12(9-11)14(16)17/h2-9H,(H,16,17). The zero-order valence-corrected chi connectivity index (χ0v) is 8.92. The van der Waals surface area contributed by atoms with Crippen LogP contribution in [-0.2, 0) is 0 Å². The first kappa shape index (κ1) is 10.9. The molecule has 0 aliphatic heterocycles. The van der Waals surface area contributed by atoms with Gasteiger partial charge in [-0.2, -0.15) is 0 Å². The van der Waals surface area contributed by atoms with Gasteiger partial charge in [-0.3, -0.25) is 0 Å². The molecule has 0 fully saturated rings. The van der Waals surface area contributed by atoms with Crippen molar-refractivity contribution in [3.63, 3.8) is 0 Å². The fourth-order valence-electron chi connectivity index (χ4n) is 1.56. The predicted octanol–water partition coefficient (Wildman–Crippen LogP) is 3.60. The molecule has 2 aromatic rings. The molecule has 0 unspecified atom stereocenters. The smallest absolute Gasteiger partial charge is 0.335 e. The Bertz CT molecular complexity index is 594. The Morgan fingerprint density at radius 1 is 1.06 bits per heavy atom. The van der Waals surface area contributed by atoms with E-state index in [-0.39, 0.29) is 5.56 Å². The summed E-state index contributed by atoms with van der Waals surface area (Å²) < 4.78 is 0. The average Bonchev–Trinajstić information content (AvgIpc) is 2.39. The third kappa shape index (κ3) is 2.32. The van der Waals surface area contributed by atoms with Gasteiger partial charge in [-0.25, -0.2) is 9.64 Å². The summed E-state index contributed by atoms with van der Waals surface area (Å²) in [5.74, 6) is -0.940. The van der Waals surface area contributed by atoms with Gasteiger partial charge in [0.25, 0.3) is 0 Å². The van der Waals surface area contributed by atoms with Gasteiger partial charge < -0.3 is 5.11 Å². The van der Waals surface area contributed by atoms with Gasteiger partial charge in [0.15, 0.2) is 5.69 Å². The molecule has 0 spiro atoms. The summed E-state index contributed by atoms with van der Waals surface area (Å²) in [6.07, 6.45) is 0. The van der Waals surface area contributed by atoms with E-state index in [2.05, 4.69) is 4.85 Å². The monoisotopic (exact) mass is 223 g/mol. The van der Waals surface area contributed by atoms with Crippen LogP contribution in [0.15, 0.2) is 48.5 Å². The summed E-state index contributed by atoms with van der Waals surface area (Å²) in [6.45, 7) is 6.86. The van der Waals surface area contributed by atoms with Crippen LogP contribution < -0.4 is 0 Å². The van der Waals surface area contributed by atoms with Crippen molar-refractivity contribution in [2.24, 2.45) is 0 Å². The van der Waals surface area contributed by atoms with Crippen molar-refractivity contribution in [2.45, 2.75) is 0 Å². The topological polar surface area (TPSA) is 41.7 Å². The maximum atomic E-state index is 10.8. The van der Waals surface area contributed by atoms with Gasteiger partial charge in [0.05, 0.1) is 12.1 Å². The van der Waals surface area contributed by atoms with Crippen molar-refractivity contribution >= 4 is 11.7 Å². The Labute approximate surface area is 98.8 Å². The molecule has 0 saturated heterocycles. The van der Waals surface area contributed by atoms with Gasteiger partial charge in [0.2, 0.25) is 0 Å². The van der Waals surface area contributed by atoms with E-state index < -0.39 is 5.97 Å². The SMILES string of the molecule is [C-]#[N+]c1ccc(-c2cccc(C(=O)O)c2)cc1. The van der Waals surface area contributed by atoms with Gasteiger partial charge in [-0.1, -0.05) is 36.4 Å². The molecule has 3 nitrogen and oxygen atoms in total. The minimum Gasteiger partial charge on any atom is -0.478 e. The first-order valence-corrected chi connectivity index (χ1v) is 5.02. The highest BCUT2D eigenvalue weighted by Crippen LogP contribution is 2.23. The Morgan fingerprint density at radius 3 is 2.35 bits per heavy atom. The van der Waals surface area contributed by atoms with E-state index in [4.69, 9.17) is 11.7 Å². The van der Waals surface area contributed by atoms with Crippen LogP contribution in [0.3, 0.4) is 0 Å². The van der Waals surface area contributed by atoms with E-state index in [1.165, 1.54) is 0 Å². The lowest BCUT2D eigenvalue weighted by molar-refractivity contribution is 0.0697. The number of carboxylic acids is 1. The lowest BCUT2D eigenvalue weighted by Gasteiger charge is -2.03. The van der Waals surface area contributed by atoms with E-state index in [1.54, 1.807) is 30.3 Å². The van der Waals surface area contributed by atoms with E-state index in [9.17, 15) is 4.79 Å². The van der Waals surface area contributed by atoms with Crippen LogP contribution >= 0.6 is 0 Å². The molecule has 0 bridgehead atoms. The maximum Gasteiger partial charge on any atom is 0.335 e. The zero-order chi connectivity index (χ0) is 12.3. The number of benzene rings is 2. The largest absolute Gasteiger partial charge is 0.478 e. The van der Waals surface area contributed by atoms with Crippen molar-refractivity contribution in [1.82, 2.24) is 0 Å². The second kappa shape index (κ2) is 4.50. The molecule has 82 valence electrons. The van der Waals surface area contributed by atoms with Crippen LogP contribution in [0.4, 0.5) is 5.69 Å². The molecule has 17 heavy (non-hydrogen) atoms. The summed E-state index contributed by atoms with van der Waals surface area (Å²) in [6, 6.07) is 13.8. The molecule has 2 aromatic carbocycles. The number of hydrogen-bond acceptors (Lipinski definition) is 1. The van der Waals surface area contributed by atoms with E-state index >= 15 is 0 Å². The second-order valence-corrected chi connectivity index (χ2v) is 3.54. The molecule has 0 aromatic heterocycles. The first-order chi connectivity index (χ1) is 8.20. The highest BCUT2D eigenvalue weighted by Gasteiger charge is 2.04. The van der Waals surface area contributed by atoms with Crippen molar-refractivity contribution in [3.05, 3.63) is 65.5 Å². The van der Waals surface area contributed by atoms with Gasteiger partial charge >= 0.3 is 5.97 Å². The summed E-state index contributed by atoms with van der Waals surface area (Å²) in [4.78, 5) is 14.2. The predicted molar refractivity (Wildman–Crippen MR) is 65.1 cm³/mol. The highest BCUT2D eigenvalue weighted by atomic mass is 16.4. The molecule has 0 aliphatic carbocycles. The number of hydrogen-bond donors (Lipinski definition) is 1. The number of aromatic carboxylic acids is 1. The number of rotatable bonds is 2. The molecule has 0 atom stereocenters. The van der Waals surface area contributed by atoms with Crippen LogP contribution in [0.5, 0.6) is 0 Å². The average molecular weight is 223 g/mol. The molecule has 0 heterocycles. The number of carbonyl (C=O) groups is 1. The Hall–Kier alpha value is -2.60. The van der Waals surface area contributed by atoms with Gasteiger partial charge in [-0.15, -0.1) is 0 Å². The fourth-order valence-corrected chi connectivity index (χ4v) is 1.56. The van der Waals surface area contributed by atoms with E-state index in [0.29, 0.717) is 5.69 Å². The lowest BCUT2D eigenvalue weighted by atomic mass is 10.0. The first-order valence-electron chi connectivity index (χ1n) is 5.02. The van der Waals surface area contributed by atoms with Crippen LogP contribution in [-0.4, -0.2) is 11.1 Å². The van der Waals surface area contributed by atoms with Gasteiger partial charge in [0, 0.05) is 0 Å². The van der Waals surface area contributed by atoms with Crippen molar-refractivity contribution in [2.75, 3.05) is 0 Å². The summed E-state index contributed by atoms with van der Waals surface area (Å²) in [5, 5.41) is 8.90. The zero-order valence-electron chi connectivity index (χ0n) is 8.92. The Balaban J connectivity index is 2.42. The normalized spacial score (nSPS) is 9.59. The van der Waals surface area contributed by atoms with Gasteiger partial charge in [-0.05, 0) is 23.3 Å². The second-order valence-electron chi connectivity index (χ2n) is 3.54. The van der Waals surface area contributed by atoms with E-state index in [0.717, 1.165) is 11.1 Å². The minimum atomic E-state index is -0.940. The van der Waals surface area contributed by atoms with E-state index in [1.807, 2.05) is 18.2 Å². The number of nitrogens with zero attached hydrogens (tertiary/aromatic N) is 1. The molecular weight excluding hydrogens is 214 g/mol. The Morgan fingerprint density at radius 2 is 1.76 bits per heavy atom. The van der Waals surface area contributed by atoms with Crippen LogP contribution in [0.25, 0.3) is 16.0 Å². The van der Waals surface area contributed by atoms with Crippen LogP contribution in [0.1, 0.15) is 10.4 Å². The summed E-state index contributed by atoms with van der Waals surface area (Å²) >= 11 is 0. The number of carboxylic acid groups (broad SMARTS) is 1. The van der Waals surface area contributed by atoms with Gasteiger partial charge in [0.1, 0.15) is 0 Å². The van der Waals surface area contributed by atoms with Crippen molar-refractivity contribution < 1.29 is 9.90 Å². The minimum absolute atomic E-state index is 0.261. The summed E-state index contributed by atoms with van der Waals surface area (Å²) in [7, 11) is 0. The fraction of sp³-hybridized carbons (Fsp3) is 0. The molecule has 0 radical (unpaired) electrons. The molecule has 3 heteroatoms. The maximum absolute atomic E-state index is 10.8. The molecule has 0 aliphatic rings. The molecule has 2 rings (SSSR count). The lowest BCUT2D eigenvalue weighted by Crippen LogP contribution is -1.95. The molecular formula is C14H9NO2. The van der Waals surface area contributed by atoms with Crippen LogP contribution in [0.2, 0.25) is 0 Å². The summed E-state index contributed by atoms with van der Waals surface area (Å²) in [5.41, 5.74) is 2.57.